The van der Waals surface area contributed by atoms with Crippen LogP contribution in [0.3, 0.4) is 0 Å². The van der Waals surface area contributed by atoms with Crippen molar-refractivity contribution in [3.63, 3.8) is 0 Å². The molecule has 11 heterocycles. The Labute approximate surface area is 562 Å². The number of anilines is 1. The van der Waals surface area contributed by atoms with Crippen LogP contribution in [0.4, 0.5) is 24.9 Å². The molecule has 0 radical (unpaired) electrons. The zero-order valence-corrected chi connectivity index (χ0v) is 60.3. The first-order valence-corrected chi connectivity index (χ1v) is 34.8. The van der Waals surface area contributed by atoms with Crippen molar-refractivity contribution in [3.8, 4) is 0 Å². The van der Waals surface area contributed by atoms with Gasteiger partial charge in [-0.15, -0.1) is 0 Å². The van der Waals surface area contributed by atoms with Crippen molar-refractivity contribution >= 4 is 47.5 Å². The molecule has 11 saturated heterocycles. The van der Waals surface area contributed by atoms with E-state index in [-0.39, 0.29) is 86.0 Å². The van der Waals surface area contributed by atoms with E-state index >= 15 is 0 Å². The van der Waals surface area contributed by atoms with E-state index in [0.29, 0.717) is 50.3 Å². The lowest BCUT2D eigenvalue weighted by Gasteiger charge is -2.45. The molecule has 94 heavy (non-hydrogen) atoms. The molecule has 0 aliphatic carbocycles. The highest BCUT2D eigenvalue weighted by atomic mass is 16.5. The van der Waals surface area contributed by atoms with Crippen molar-refractivity contribution < 1.29 is 38.3 Å². The first-order chi connectivity index (χ1) is 43.6. The summed E-state index contributed by atoms with van der Waals surface area (Å²) in [6.45, 7) is 56.8. The number of allylic oxidation sites excluding steroid dienone is 1. The molecule has 11 fully saturated rings. The van der Waals surface area contributed by atoms with Gasteiger partial charge in [-0.1, -0.05) is 37.9 Å². The summed E-state index contributed by atoms with van der Waals surface area (Å²) < 4.78 is 5.36. The summed E-state index contributed by atoms with van der Waals surface area (Å²) in [6, 6.07) is 8.51. The van der Waals surface area contributed by atoms with Crippen LogP contribution in [-0.2, 0) is 19.1 Å². The van der Waals surface area contributed by atoms with Gasteiger partial charge in [0.25, 0.3) is 11.8 Å². The number of amides is 11. The Hall–Kier alpha value is -5.91. The van der Waals surface area contributed by atoms with Gasteiger partial charge in [-0.2, -0.15) is 0 Å². The molecule has 11 aliphatic rings. The molecule has 11 amide bonds. The third-order valence-electron chi connectivity index (χ3n) is 22.4. The number of likely N-dealkylation sites (tertiary alicyclic amines) is 5. The van der Waals surface area contributed by atoms with Crippen molar-refractivity contribution in [2.24, 2.45) is 11.3 Å². The fourth-order valence-corrected chi connectivity index (χ4v) is 15.4. The van der Waals surface area contributed by atoms with Crippen molar-refractivity contribution in [1.29, 1.82) is 0 Å². The number of benzene rings is 1. The van der Waals surface area contributed by atoms with E-state index in [1.54, 1.807) is 24.1 Å². The minimum absolute atomic E-state index is 0.0115. The van der Waals surface area contributed by atoms with Gasteiger partial charge in [-0.05, 0) is 212 Å². The van der Waals surface area contributed by atoms with Gasteiger partial charge in [-0.3, -0.25) is 48.7 Å². The molecule has 0 saturated carbocycles. The standard InChI is InChI=1S/C17H29N3O3.C17H23N3O2.C13H23N3O.C13H22N2O.C12H21N3O/c1-16(2,3)19-8-6-17(7-9-19)14(21)20(15(22)18-17)12-13-4-10-23-11-5-13;1-16(2,3)19-11-9-17(10-12-19)14(21)20(15(22)18-17)13-7-5-4-6-8-13;1-10-13(14-11(17)15(10)5)6-8-16(9-7-13)12(2,3)4;1-10-13(9-11(16)14-10)5-7-15(8-6-13)12(2,3)4;1-9-12(14-10(16)13-9)5-7-15(8-6-12)11(2,3)4/h13H,4-12H2,1-3H3,(H,18,22);4-8H,9-12H2,1-3H3,(H,18,22);1,6-9H2,2-5H3,(H,14,17);1,5-9H2,2-4H3,(H,14,16);1,5-8H2,2-4H3,(H2,13,14,16). The van der Waals surface area contributed by atoms with Gasteiger partial charge in [0, 0.05) is 136 Å². The number of urea groups is 4. The second-order valence-electron chi connectivity index (χ2n) is 33.4. The number of hydrogen-bond acceptors (Lipinski definition) is 13. The van der Waals surface area contributed by atoms with Crippen LogP contribution < -0.4 is 36.8 Å². The monoisotopic (exact) mass is 1310 g/mol. The van der Waals surface area contributed by atoms with E-state index in [4.69, 9.17) is 4.74 Å². The van der Waals surface area contributed by atoms with Gasteiger partial charge in [-0.25, -0.2) is 24.1 Å². The summed E-state index contributed by atoms with van der Waals surface area (Å²) in [7, 11) is 1.79. The highest BCUT2D eigenvalue weighted by Crippen LogP contribution is 2.45. The number of ether oxygens (including phenoxy) is 1. The smallest absolute Gasteiger partial charge is 0.329 e. The van der Waals surface area contributed by atoms with Gasteiger partial charge < -0.3 is 36.6 Å². The van der Waals surface area contributed by atoms with Crippen LogP contribution in [0.1, 0.15) is 187 Å². The molecule has 0 atom stereocenters. The first kappa shape index (κ1) is 73.9. The molecule has 22 nitrogen and oxygen atoms in total. The van der Waals surface area contributed by atoms with Crippen LogP contribution in [0.15, 0.2) is 67.2 Å². The number of carbonyl (C=O) groups excluding carboxylic acids is 7. The molecular weight excluding hydrogens is 1190 g/mol. The maximum atomic E-state index is 12.9. The molecule has 0 aromatic heterocycles. The van der Waals surface area contributed by atoms with Crippen molar-refractivity contribution in [2.45, 2.75) is 237 Å². The number of nitrogens with one attached hydrogen (secondary N) is 6. The number of likely N-dealkylation sites (N-methyl/N-ethyl adjacent to an activating group) is 1. The maximum Gasteiger partial charge on any atom is 0.329 e. The molecule has 22 heteroatoms. The largest absolute Gasteiger partial charge is 0.381 e. The Morgan fingerprint density at radius 3 is 1.21 bits per heavy atom. The first-order valence-electron chi connectivity index (χ1n) is 34.8. The molecule has 11 aliphatic heterocycles. The van der Waals surface area contributed by atoms with Crippen LogP contribution in [-0.4, -0.2) is 218 Å². The third-order valence-corrected chi connectivity index (χ3v) is 22.4. The van der Waals surface area contributed by atoms with Gasteiger partial charge in [0.05, 0.1) is 16.8 Å². The number of para-hydroxylation sites is 1. The van der Waals surface area contributed by atoms with Crippen LogP contribution in [0.5, 0.6) is 0 Å². The number of hydrogen-bond donors (Lipinski definition) is 6. The van der Waals surface area contributed by atoms with Crippen molar-refractivity contribution in [1.82, 2.24) is 66.2 Å². The zero-order chi connectivity index (χ0) is 69.4. The second kappa shape index (κ2) is 27.9. The van der Waals surface area contributed by atoms with Crippen LogP contribution in [0.25, 0.3) is 0 Å². The van der Waals surface area contributed by atoms with Crippen LogP contribution in [0, 0.1) is 11.3 Å². The molecule has 0 unspecified atom stereocenters. The fourth-order valence-electron chi connectivity index (χ4n) is 15.4. The Morgan fingerprint density at radius 2 is 0.840 bits per heavy atom. The van der Waals surface area contributed by atoms with E-state index in [0.717, 1.165) is 147 Å². The molecule has 6 N–H and O–H groups in total. The fraction of sp³-hybridized carbons (Fsp3) is 0.736. The zero-order valence-electron chi connectivity index (χ0n) is 60.3. The average molecular weight is 1310 g/mol. The summed E-state index contributed by atoms with van der Waals surface area (Å²) in [5.41, 5.74) is 2.48. The minimum atomic E-state index is -0.728. The number of nitrogens with zero attached hydrogens (tertiary/aromatic N) is 8. The molecule has 1 aromatic rings. The number of carbonyl (C=O) groups is 7. The van der Waals surface area contributed by atoms with Gasteiger partial charge in [0.1, 0.15) is 11.1 Å². The van der Waals surface area contributed by atoms with Crippen molar-refractivity contribution in [2.75, 3.05) is 97.2 Å². The quantitative estimate of drug-likeness (QED) is 0.156. The molecule has 0 bridgehead atoms. The SMILES string of the molecule is C=C1N(C)C(=O)NC12CCN(C(C)(C)C)CC2.C=C1NC(=O)CC12CCN(C(C)(C)C)CC2.C=C1NC(=O)NC12CCN(C(C)(C)C)CC2.CC(C)(C)N1CCC2(CC1)NC(=O)N(CC1CCOCC1)C2=O.CC(C)(C)N1CCC2(CC1)NC(=O)N(c1ccccc1)C2=O. The highest BCUT2D eigenvalue weighted by Gasteiger charge is 2.56. The maximum absolute atomic E-state index is 12.9. The number of rotatable bonds is 3. The average Bonchev–Trinajstić information content (AvgIpc) is 1.25. The molecule has 12 rings (SSSR count). The number of piperidine rings is 5. The van der Waals surface area contributed by atoms with E-state index in [9.17, 15) is 33.6 Å². The van der Waals surface area contributed by atoms with Gasteiger partial charge >= 0.3 is 24.1 Å². The molecular formula is C72H118N14O8. The number of imide groups is 2. The predicted molar refractivity (Wildman–Crippen MR) is 371 cm³/mol. The van der Waals surface area contributed by atoms with Gasteiger partial charge in [0.2, 0.25) is 5.91 Å². The van der Waals surface area contributed by atoms with Crippen molar-refractivity contribution in [3.05, 3.63) is 67.2 Å². The Balaban J connectivity index is 0.000000152. The Kier molecular flexibility index (Phi) is 21.9. The molecule has 5 spiro atoms. The summed E-state index contributed by atoms with van der Waals surface area (Å²) in [5.74, 6) is 0.400. The highest BCUT2D eigenvalue weighted by molar-refractivity contribution is 6.23. The Morgan fingerprint density at radius 1 is 0.457 bits per heavy atom. The predicted octanol–water partition coefficient (Wildman–Crippen LogP) is 9.11. The lowest BCUT2D eigenvalue weighted by atomic mass is 9.75. The lowest BCUT2D eigenvalue weighted by molar-refractivity contribution is -0.134. The molecule has 1 aromatic carbocycles. The van der Waals surface area contributed by atoms with E-state index in [2.05, 4.69) is 180 Å². The van der Waals surface area contributed by atoms with E-state index in [1.807, 2.05) is 18.2 Å². The third kappa shape index (κ3) is 16.4. The molecule has 524 valence electrons. The lowest BCUT2D eigenvalue weighted by Crippen LogP contribution is -2.58. The summed E-state index contributed by atoms with van der Waals surface area (Å²) in [5, 5.41) is 17.7. The van der Waals surface area contributed by atoms with Crippen LogP contribution >= 0.6 is 0 Å². The summed E-state index contributed by atoms with van der Waals surface area (Å²) in [6.07, 6.45) is 11.2. The normalized spacial score (nSPS) is 25.2. The second-order valence-corrected chi connectivity index (χ2v) is 33.4. The minimum Gasteiger partial charge on any atom is -0.381 e. The van der Waals surface area contributed by atoms with E-state index in [1.165, 1.54) is 9.80 Å². The Bertz CT molecular complexity index is 2890. The summed E-state index contributed by atoms with van der Waals surface area (Å²) in [4.78, 5) is 101. The van der Waals surface area contributed by atoms with E-state index < -0.39 is 11.1 Å². The summed E-state index contributed by atoms with van der Waals surface area (Å²) >= 11 is 0. The van der Waals surface area contributed by atoms with Crippen LogP contribution in [0.2, 0.25) is 0 Å². The topological polar surface area (TPSA) is 227 Å². The van der Waals surface area contributed by atoms with Gasteiger partial charge in [0.15, 0.2) is 0 Å².